The van der Waals surface area contributed by atoms with Crippen molar-refractivity contribution in [1.29, 1.82) is 0 Å². The second-order valence-electron chi connectivity index (χ2n) is 4.12. The van der Waals surface area contributed by atoms with Crippen LogP contribution in [0.5, 0.6) is 0 Å². The second-order valence-corrected chi connectivity index (χ2v) is 5.35. The average Bonchev–Trinajstić information content (AvgIpc) is 2.39. The molecule has 6 N–H and O–H groups in total. The first kappa shape index (κ1) is 13.5. The highest BCUT2D eigenvalue weighted by Crippen LogP contribution is 2.22. The minimum atomic E-state index is -0.0938. The lowest BCUT2D eigenvalue weighted by atomic mass is 10.2. The van der Waals surface area contributed by atoms with Gasteiger partial charge in [-0.05, 0) is 24.3 Å². The quantitative estimate of drug-likeness (QED) is 0.538. The number of nitrogens with two attached hydrogens (primary N) is 3. The van der Waals surface area contributed by atoms with Crippen molar-refractivity contribution in [1.82, 2.24) is 0 Å². The summed E-state index contributed by atoms with van der Waals surface area (Å²) in [6, 6.07) is 7.90. The van der Waals surface area contributed by atoms with Crippen LogP contribution in [0.1, 0.15) is 0 Å². The average molecular weight is 278 g/mol. The Morgan fingerprint density at radius 1 is 1.05 bits per heavy atom. The van der Waals surface area contributed by atoms with Gasteiger partial charge in [0.1, 0.15) is 0 Å². The summed E-state index contributed by atoms with van der Waals surface area (Å²) >= 11 is 1.99. The van der Waals surface area contributed by atoms with Crippen LogP contribution >= 0.6 is 11.8 Å². The van der Waals surface area contributed by atoms with E-state index in [9.17, 15) is 0 Å². The maximum absolute atomic E-state index is 5.58. The summed E-state index contributed by atoms with van der Waals surface area (Å²) < 4.78 is 0. The monoisotopic (exact) mass is 278 g/mol. The van der Waals surface area contributed by atoms with E-state index in [1.807, 2.05) is 36.0 Å². The van der Waals surface area contributed by atoms with E-state index in [1.165, 1.54) is 17.2 Å². The van der Waals surface area contributed by atoms with Crippen LogP contribution < -0.4 is 22.1 Å². The normalized spacial score (nSPS) is 16.2. The number of thioether (sulfide) groups is 1. The van der Waals surface area contributed by atoms with E-state index >= 15 is 0 Å². The molecule has 0 aromatic heterocycles. The number of rotatable bonds is 2. The van der Waals surface area contributed by atoms with Crippen molar-refractivity contribution in [3.8, 4) is 0 Å². The van der Waals surface area contributed by atoms with Gasteiger partial charge >= 0.3 is 0 Å². The third-order valence-corrected chi connectivity index (χ3v) is 3.66. The number of benzene rings is 1. The maximum Gasteiger partial charge on any atom is 0.223 e. The first-order chi connectivity index (χ1) is 9.15. The molecule has 7 heteroatoms. The van der Waals surface area contributed by atoms with Crippen molar-refractivity contribution in [2.24, 2.45) is 27.2 Å². The van der Waals surface area contributed by atoms with Crippen LogP contribution in [0, 0.1) is 0 Å². The molecule has 1 aliphatic rings. The summed E-state index contributed by atoms with van der Waals surface area (Å²) in [5.41, 5.74) is 18.0. The molecule has 0 bridgehead atoms. The van der Waals surface area contributed by atoms with Gasteiger partial charge in [-0.2, -0.15) is 16.8 Å². The van der Waals surface area contributed by atoms with Crippen LogP contribution in [-0.4, -0.2) is 36.5 Å². The fourth-order valence-corrected chi connectivity index (χ4v) is 2.75. The Kier molecular flexibility index (Phi) is 4.51. The lowest BCUT2D eigenvalue weighted by Gasteiger charge is -2.28. The minimum absolute atomic E-state index is 0.0575. The van der Waals surface area contributed by atoms with Gasteiger partial charge in [-0.3, -0.25) is 0 Å². The zero-order chi connectivity index (χ0) is 13.7. The molecule has 0 amide bonds. The Hall–Kier alpha value is -1.89. The fourth-order valence-electron chi connectivity index (χ4n) is 1.85. The number of nitrogens with zero attached hydrogens (tertiary/aromatic N) is 3. The standard InChI is InChI=1S/C12H18N6S/c13-11(14)17-12(15)16-9-1-3-10(4-2-9)18-5-7-19-8-6-18/h1-4H,5-8H2,(H6,13,14,15,16,17). The lowest BCUT2D eigenvalue weighted by Crippen LogP contribution is -2.32. The van der Waals surface area contributed by atoms with Gasteiger partial charge in [0.05, 0.1) is 5.69 Å². The first-order valence-corrected chi connectivity index (χ1v) is 7.17. The summed E-state index contributed by atoms with van der Waals surface area (Å²) in [5.74, 6) is 2.32. The molecular formula is C12H18N6S. The molecule has 102 valence electrons. The molecule has 6 nitrogen and oxygen atoms in total. The lowest BCUT2D eigenvalue weighted by molar-refractivity contribution is 0.859. The molecule has 1 aromatic carbocycles. The van der Waals surface area contributed by atoms with E-state index in [0.29, 0.717) is 0 Å². The Morgan fingerprint density at radius 3 is 2.26 bits per heavy atom. The van der Waals surface area contributed by atoms with Gasteiger partial charge in [-0.1, -0.05) is 0 Å². The van der Waals surface area contributed by atoms with Gasteiger partial charge in [0, 0.05) is 30.3 Å². The largest absolute Gasteiger partial charge is 0.370 e. The second kappa shape index (κ2) is 6.33. The summed E-state index contributed by atoms with van der Waals surface area (Å²) in [7, 11) is 0. The van der Waals surface area contributed by atoms with E-state index in [1.54, 1.807) is 0 Å². The van der Waals surface area contributed by atoms with Crippen molar-refractivity contribution >= 4 is 35.1 Å². The molecule has 0 spiro atoms. The molecule has 0 aliphatic carbocycles. The molecule has 1 aliphatic heterocycles. The summed E-state index contributed by atoms with van der Waals surface area (Å²) in [4.78, 5) is 10.1. The molecule has 0 radical (unpaired) electrons. The van der Waals surface area contributed by atoms with Crippen molar-refractivity contribution < 1.29 is 0 Å². The number of guanidine groups is 2. The van der Waals surface area contributed by atoms with Gasteiger partial charge in [-0.15, -0.1) is 0 Å². The Morgan fingerprint density at radius 2 is 1.68 bits per heavy atom. The highest BCUT2D eigenvalue weighted by molar-refractivity contribution is 7.99. The van der Waals surface area contributed by atoms with E-state index in [2.05, 4.69) is 14.9 Å². The number of hydrogen-bond donors (Lipinski definition) is 3. The molecule has 0 unspecified atom stereocenters. The topological polar surface area (TPSA) is 106 Å². The van der Waals surface area contributed by atoms with E-state index < -0.39 is 0 Å². The van der Waals surface area contributed by atoms with E-state index in [0.717, 1.165) is 18.8 Å². The predicted octanol–water partition coefficient (Wildman–Crippen LogP) is 0.459. The molecule has 1 saturated heterocycles. The van der Waals surface area contributed by atoms with Crippen molar-refractivity contribution in [3.63, 3.8) is 0 Å². The van der Waals surface area contributed by atoms with Crippen molar-refractivity contribution in [2.45, 2.75) is 0 Å². The minimum Gasteiger partial charge on any atom is -0.370 e. The summed E-state index contributed by atoms with van der Waals surface area (Å²) in [5, 5.41) is 0. The van der Waals surface area contributed by atoms with Gasteiger partial charge in [0.15, 0.2) is 5.96 Å². The Bertz CT molecular complexity index is 471. The van der Waals surface area contributed by atoms with Crippen molar-refractivity contribution in [2.75, 3.05) is 29.5 Å². The summed E-state index contributed by atoms with van der Waals surface area (Å²) in [6.45, 7) is 2.17. The number of aliphatic imine (C=N–C) groups is 2. The van der Waals surface area contributed by atoms with Crippen LogP contribution in [0.25, 0.3) is 0 Å². The maximum atomic E-state index is 5.58. The van der Waals surface area contributed by atoms with Crippen LogP contribution in [0.3, 0.4) is 0 Å². The van der Waals surface area contributed by atoms with E-state index in [-0.39, 0.29) is 11.9 Å². The molecule has 0 saturated carbocycles. The first-order valence-electron chi connectivity index (χ1n) is 6.02. The number of hydrogen-bond acceptors (Lipinski definition) is 3. The van der Waals surface area contributed by atoms with Crippen LogP contribution in [0.15, 0.2) is 34.3 Å². The predicted molar refractivity (Wildman–Crippen MR) is 83.1 cm³/mol. The molecule has 0 atom stereocenters. The zero-order valence-electron chi connectivity index (χ0n) is 10.6. The van der Waals surface area contributed by atoms with Gasteiger partial charge < -0.3 is 22.1 Å². The number of anilines is 1. The molecule has 19 heavy (non-hydrogen) atoms. The zero-order valence-corrected chi connectivity index (χ0v) is 11.4. The molecule has 1 fully saturated rings. The highest BCUT2D eigenvalue weighted by Gasteiger charge is 2.10. The Labute approximate surface area is 116 Å². The molecule has 1 aromatic rings. The molecular weight excluding hydrogens is 260 g/mol. The Balaban J connectivity index is 2.07. The van der Waals surface area contributed by atoms with Gasteiger partial charge in [0.25, 0.3) is 0 Å². The van der Waals surface area contributed by atoms with Gasteiger partial charge in [-0.25, -0.2) is 4.99 Å². The fraction of sp³-hybridized carbons (Fsp3) is 0.333. The van der Waals surface area contributed by atoms with Crippen LogP contribution in [-0.2, 0) is 0 Å². The van der Waals surface area contributed by atoms with E-state index in [4.69, 9.17) is 17.2 Å². The SMILES string of the molecule is NC(N)=NC(N)=Nc1ccc(N2CCSCC2)cc1. The van der Waals surface area contributed by atoms with Crippen LogP contribution in [0.2, 0.25) is 0 Å². The molecule has 2 rings (SSSR count). The highest BCUT2D eigenvalue weighted by atomic mass is 32.2. The van der Waals surface area contributed by atoms with Crippen molar-refractivity contribution in [3.05, 3.63) is 24.3 Å². The van der Waals surface area contributed by atoms with Gasteiger partial charge in [0.2, 0.25) is 5.96 Å². The van der Waals surface area contributed by atoms with Crippen LogP contribution in [0.4, 0.5) is 11.4 Å². The smallest absolute Gasteiger partial charge is 0.223 e. The summed E-state index contributed by atoms with van der Waals surface area (Å²) in [6.07, 6.45) is 0. The third-order valence-electron chi connectivity index (χ3n) is 2.71. The molecule has 1 heterocycles. The third kappa shape index (κ3) is 4.06.